The number of carbonyl (C=O) groups excluding carboxylic acids is 1. The molecule has 0 spiro atoms. The normalized spacial score (nSPS) is 13.0. The minimum absolute atomic E-state index is 0.188. The van der Waals surface area contributed by atoms with Crippen LogP contribution < -0.4 is 4.72 Å². The number of carbonyl (C=O) groups is 2. The van der Waals surface area contributed by atoms with Crippen molar-refractivity contribution in [3.05, 3.63) is 0 Å². The van der Waals surface area contributed by atoms with E-state index in [1.807, 2.05) is 0 Å². The molecule has 0 radical (unpaired) electrons. The molecule has 1 atom stereocenters. The zero-order valence-electron chi connectivity index (χ0n) is 10.2. The maximum absolute atomic E-state index is 11.5. The fourth-order valence-corrected chi connectivity index (χ4v) is 2.74. The van der Waals surface area contributed by atoms with Crippen molar-refractivity contribution in [2.45, 2.75) is 18.9 Å². The molecule has 0 fully saturated rings. The van der Waals surface area contributed by atoms with E-state index in [4.69, 9.17) is 5.11 Å². The highest BCUT2D eigenvalue weighted by atomic mass is 32.2. The number of ether oxygens (including phenoxy) is 1. The van der Waals surface area contributed by atoms with Gasteiger partial charge in [-0.25, -0.2) is 13.1 Å². The van der Waals surface area contributed by atoms with E-state index in [1.165, 1.54) is 11.8 Å². The van der Waals surface area contributed by atoms with Crippen LogP contribution in [0.4, 0.5) is 0 Å². The minimum Gasteiger partial charge on any atom is -0.480 e. The second kappa shape index (κ2) is 8.33. The first kappa shape index (κ1) is 17.2. The summed E-state index contributed by atoms with van der Waals surface area (Å²) >= 11 is 1.42. The van der Waals surface area contributed by atoms with Crippen LogP contribution in [0, 0.1) is 0 Å². The van der Waals surface area contributed by atoms with E-state index in [2.05, 4.69) is 9.46 Å². The monoisotopic (exact) mass is 299 g/mol. The van der Waals surface area contributed by atoms with E-state index in [1.54, 1.807) is 6.26 Å². The second-order valence-electron chi connectivity index (χ2n) is 3.44. The van der Waals surface area contributed by atoms with Crippen LogP contribution in [0.3, 0.4) is 0 Å². The molecule has 0 rings (SSSR count). The lowest BCUT2D eigenvalue weighted by molar-refractivity contribution is -0.140. The predicted molar refractivity (Wildman–Crippen MR) is 68.0 cm³/mol. The van der Waals surface area contributed by atoms with Crippen LogP contribution in [0.5, 0.6) is 0 Å². The average molecular weight is 299 g/mol. The van der Waals surface area contributed by atoms with Crippen LogP contribution in [0.2, 0.25) is 0 Å². The zero-order valence-corrected chi connectivity index (χ0v) is 11.8. The molecule has 0 amide bonds. The minimum atomic E-state index is -3.80. The SMILES string of the molecule is COC(=O)CCS(=O)(=O)N[C@H](CCSC)C(=O)O. The van der Waals surface area contributed by atoms with Crippen molar-refractivity contribution in [2.24, 2.45) is 0 Å². The number of esters is 1. The molecule has 0 aromatic heterocycles. The van der Waals surface area contributed by atoms with Crippen molar-refractivity contribution in [3.63, 3.8) is 0 Å². The maximum atomic E-state index is 11.5. The lowest BCUT2D eigenvalue weighted by Gasteiger charge is -2.13. The first-order chi connectivity index (χ1) is 8.32. The van der Waals surface area contributed by atoms with Gasteiger partial charge in [0.15, 0.2) is 0 Å². The van der Waals surface area contributed by atoms with Crippen molar-refractivity contribution >= 4 is 33.7 Å². The van der Waals surface area contributed by atoms with E-state index < -0.39 is 33.8 Å². The van der Waals surface area contributed by atoms with Gasteiger partial charge in [0.25, 0.3) is 0 Å². The Hall–Kier alpha value is -0.800. The van der Waals surface area contributed by atoms with Crippen LogP contribution in [0.25, 0.3) is 0 Å². The number of thioether (sulfide) groups is 1. The molecule has 0 unspecified atom stereocenters. The molecule has 0 aromatic rings. The third kappa shape index (κ3) is 7.51. The quantitative estimate of drug-likeness (QED) is 0.561. The Morgan fingerprint density at radius 2 is 2.06 bits per heavy atom. The van der Waals surface area contributed by atoms with Crippen molar-refractivity contribution in [3.8, 4) is 0 Å². The van der Waals surface area contributed by atoms with Crippen molar-refractivity contribution in [1.29, 1.82) is 0 Å². The first-order valence-corrected chi connectivity index (χ1v) is 8.15. The number of aliphatic carboxylic acids is 1. The molecule has 2 N–H and O–H groups in total. The summed E-state index contributed by atoms with van der Waals surface area (Å²) in [5, 5.41) is 8.86. The van der Waals surface area contributed by atoms with Gasteiger partial charge in [-0.3, -0.25) is 9.59 Å². The molecular formula is C9H17NO6S2. The van der Waals surface area contributed by atoms with Gasteiger partial charge in [-0.1, -0.05) is 0 Å². The van der Waals surface area contributed by atoms with Gasteiger partial charge >= 0.3 is 11.9 Å². The Morgan fingerprint density at radius 3 is 2.50 bits per heavy atom. The summed E-state index contributed by atoms with van der Waals surface area (Å²) in [6.07, 6.45) is 1.68. The molecule has 0 aliphatic rings. The fourth-order valence-electron chi connectivity index (χ4n) is 1.06. The Morgan fingerprint density at radius 1 is 1.44 bits per heavy atom. The standard InChI is InChI=1S/C9H17NO6S2/c1-16-8(11)4-6-18(14,15)10-7(9(12)13)3-5-17-2/h7,10H,3-6H2,1-2H3,(H,12,13)/t7-/m1/s1. The number of carboxylic acids is 1. The van der Waals surface area contributed by atoms with Gasteiger partial charge in [-0.15, -0.1) is 0 Å². The largest absolute Gasteiger partial charge is 0.480 e. The highest BCUT2D eigenvalue weighted by Crippen LogP contribution is 2.03. The van der Waals surface area contributed by atoms with Crippen LogP contribution in [0.15, 0.2) is 0 Å². The molecule has 0 aliphatic heterocycles. The zero-order chi connectivity index (χ0) is 14.2. The molecule has 106 valence electrons. The molecule has 0 saturated carbocycles. The molecule has 18 heavy (non-hydrogen) atoms. The summed E-state index contributed by atoms with van der Waals surface area (Å²) in [5.41, 5.74) is 0. The lowest BCUT2D eigenvalue weighted by atomic mass is 10.2. The van der Waals surface area contributed by atoms with Gasteiger partial charge in [0.05, 0.1) is 19.3 Å². The Balaban J connectivity index is 4.41. The van der Waals surface area contributed by atoms with Crippen LogP contribution in [-0.4, -0.2) is 56.4 Å². The van der Waals surface area contributed by atoms with E-state index in [0.717, 1.165) is 7.11 Å². The molecule has 0 heterocycles. The summed E-state index contributed by atoms with van der Waals surface area (Å²) in [5.74, 6) is -1.85. The van der Waals surface area contributed by atoms with E-state index >= 15 is 0 Å². The smallest absolute Gasteiger partial charge is 0.321 e. The van der Waals surface area contributed by atoms with E-state index in [0.29, 0.717) is 5.75 Å². The number of nitrogens with one attached hydrogen (secondary N) is 1. The average Bonchev–Trinajstić information content (AvgIpc) is 2.31. The molecule has 7 nitrogen and oxygen atoms in total. The lowest BCUT2D eigenvalue weighted by Crippen LogP contribution is -2.42. The predicted octanol–water partition coefficient (Wildman–Crippen LogP) is -0.325. The fraction of sp³-hybridized carbons (Fsp3) is 0.778. The summed E-state index contributed by atoms with van der Waals surface area (Å²) in [4.78, 5) is 21.7. The highest BCUT2D eigenvalue weighted by molar-refractivity contribution is 7.98. The molecule has 0 bridgehead atoms. The summed E-state index contributed by atoms with van der Waals surface area (Å²) in [7, 11) is -2.65. The molecule has 0 saturated heterocycles. The first-order valence-electron chi connectivity index (χ1n) is 5.11. The van der Waals surface area contributed by atoms with Gasteiger partial charge in [-0.05, 0) is 18.4 Å². The van der Waals surface area contributed by atoms with Crippen LogP contribution in [0.1, 0.15) is 12.8 Å². The third-order valence-electron chi connectivity index (χ3n) is 2.03. The Kier molecular flexibility index (Phi) is 7.96. The van der Waals surface area contributed by atoms with E-state index in [-0.39, 0.29) is 12.8 Å². The van der Waals surface area contributed by atoms with Gasteiger partial charge < -0.3 is 9.84 Å². The van der Waals surface area contributed by atoms with Crippen LogP contribution >= 0.6 is 11.8 Å². The number of hydrogen-bond acceptors (Lipinski definition) is 6. The van der Waals surface area contributed by atoms with Crippen molar-refractivity contribution < 1.29 is 27.9 Å². The van der Waals surface area contributed by atoms with Gasteiger partial charge in [0, 0.05) is 0 Å². The van der Waals surface area contributed by atoms with Crippen LogP contribution in [-0.2, 0) is 24.3 Å². The van der Waals surface area contributed by atoms with Gasteiger partial charge in [-0.2, -0.15) is 11.8 Å². The summed E-state index contributed by atoms with van der Waals surface area (Å²) in [6.45, 7) is 0. The van der Waals surface area contributed by atoms with E-state index in [9.17, 15) is 18.0 Å². The van der Waals surface area contributed by atoms with Crippen molar-refractivity contribution in [1.82, 2.24) is 4.72 Å². The number of methoxy groups -OCH3 is 1. The Bertz CT molecular complexity index is 381. The number of rotatable bonds is 9. The number of carboxylic acid groups (broad SMARTS) is 1. The second-order valence-corrected chi connectivity index (χ2v) is 6.29. The summed E-state index contributed by atoms with van der Waals surface area (Å²) < 4.78 is 29.5. The summed E-state index contributed by atoms with van der Waals surface area (Å²) in [6, 6.07) is -1.17. The molecule has 0 aromatic carbocycles. The molecule has 9 heteroatoms. The topological polar surface area (TPSA) is 110 Å². The highest BCUT2D eigenvalue weighted by Gasteiger charge is 2.24. The van der Waals surface area contributed by atoms with Crippen molar-refractivity contribution in [2.75, 3.05) is 24.9 Å². The van der Waals surface area contributed by atoms with Gasteiger partial charge in [0.2, 0.25) is 10.0 Å². The third-order valence-corrected chi connectivity index (χ3v) is 4.06. The Labute approximate surface area is 110 Å². The molecular weight excluding hydrogens is 282 g/mol. The number of sulfonamides is 1. The molecule has 0 aliphatic carbocycles. The number of hydrogen-bond donors (Lipinski definition) is 2. The maximum Gasteiger partial charge on any atom is 0.321 e. The van der Waals surface area contributed by atoms with Gasteiger partial charge in [0.1, 0.15) is 6.04 Å².